The number of aromatic nitrogens is 1. The van der Waals surface area contributed by atoms with E-state index in [1.165, 1.54) is 71.9 Å². The zero-order valence-corrected chi connectivity index (χ0v) is 36.0. The molecule has 0 bridgehead atoms. The molecule has 0 saturated heterocycles. The first kappa shape index (κ1) is 38.5. The Balaban J connectivity index is 1.21. The van der Waals surface area contributed by atoms with Crippen LogP contribution in [0.5, 0.6) is 0 Å². The molecule has 12 rings (SSSR count). The maximum absolute atomic E-state index is 2.52. The van der Waals surface area contributed by atoms with Gasteiger partial charge in [-0.1, -0.05) is 200 Å². The summed E-state index contributed by atoms with van der Waals surface area (Å²) in [6.07, 6.45) is 0.848. The molecule has 10 aromatic carbocycles. The van der Waals surface area contributed by atoms with E-state index in [-0.39, 0.29) is 5.92 Å². The van der Waals surface area contributed by atoms with Gasteiger partial charge in [-0.3, -0.25) is 0 Å². The van der Waals surface area contributed by atoms with Crippen molar-refractivity contribution in [2.45, 2.75) is 17.8 Å². The van der Waals surface area contributed by atoms with Gasteiger partial charge in [0.25, 0.3) is 0 Å². The van der Waals surface area contributed by atoms with E-state index in [0.717, 1.165) is 29.2 Å². The van der Waals surface area contributed by atoms with Gasteiger partial charge in [-0.2, -0.15) is 0 Å². The molecular weight excluding hydrogens is 785 g/mol. The summed E-state index contributed by atoms with van der Waals surface area (Å²) in [4.78, 5) is 2.45. The molecule has 2 atom stereocenters. The van der Waals surface area contributed by atoms with Gasteiger partial charge in [0.1, 0.15) is 0 Å². The van der Waals surface area contributed by atoms with Gasteiger partial charge in [0.05, 0.1) is 16.4 Å². The molecule has 1 aliphatic carbocycles. The number of hydrogen-bond donors (Lipinski definition) is 0. The molecule has 1 unspecified atom stereocenters. The molecule has 2 heteroatoms. The Kier molecular flexibility index (Phi) is 9.57. The van der Waals surface area contributed by atoms with Crippen molar-refractivity contribution >= 4 is 38.9 Å². The molecule has 11 aromatic rings. The third kappa shape index (κ3) is 6.40. The first-order valence-electron chi connectivity index (χ1n) is 22.7. The van der Waals surface area contributed by atoms with Gasteiger partial charge in [-0.25, -0.2) is 0 Å². The Bertz CT molecular complexity index is 3360. The highest BCUT2D eigenvalue weighted by Gasteiger charge is 2.48. The first-order valence-corrected chi connectivity index (χ1v) is 22.7. The third-order valence-electron chi connectivity index (χ3n) is 13.6. The molecule has 1 aromatic heterocycles. The molecule has 1 heterocycles. The number of rotatable bonds is 10. The average molecular weight is 831 g/mol. The number of hydrogen-bond acceptors (Lipinski definition) is 1. The van der Waals surface area contributed by atoms with Crippen LogP contribution in [-0.4, -0.2) is 4.57 Å². The Hall–Kier alpha value is -8.20. The zero-order valence-electron chi connectivity index (χ0n) is 36.0. The van der Waals surface area contributed by atoms with Crippen LogP contribution >= 0.6 is 0 Å². The summed E-state index contributed by atoms with van der Waals surface area (Å²) >= 11 is 0. The van der Waals surface area contributed by atoms with Crippen LogP contribution in [0.1, 0.15) is 44.9 Å². The van der Waals surface area contributed by atoms with Gasteiger partial charge >= 0.3 is 0 Å². The van der Waals surface area contributed by atoms with E-state index in [2.05, 4.69) is 270 Å². The van der Waals surface area contributed by atoms with Crippen LogP contribution in [-0.2, 0) is 11.8 Å². The van der Waals surface area contributed by atoms with E-state index >= 15 is 0 Å². The van der Waals surface area contributed by atoms with E-state index in [1.54, 1.807) is 0 Å². The van der Waals surface area contributed by atoms with Crippen molar-refractivity contribution in [2.75, 3.05) is 4.90 Å². The maximum atomic E-state index is 2.52. The minimum Gasteiger partial charge on any atom is -0.310 e. The first-order chi connectivity index (χ1) is 32.3. The average Bonchev–Trinajstić information content (AvgIpc) is 3.88. The number of anilines is 3. The molecule has 0 N–H and O–H groups in total. The molecule has 2 nitrogen and oxygen atoms in total. The smallest absolute Gasteiger partial charge is 0.0715 e. The number of para-hydroxylation sites is 4. The molecule has 0 aliphatic heterocycles. The molecule has 0 amide bonds. The fourth-order valence-corrected chi connectivity index (χ4v) is 10.9. The Morgan fingerprint density at radius 3 is 1.57 bits per heavy atom. The highest BCUT2D eigenvalue weighted by Crippen LogP contribution is 2.60. The van der Waals surface area contributed by atoms with Crippen molar-refractivity contribution in [3.8, 4) is 16.8 Å². The topological polar surface area (TPSA) is 8.17 Å². The largest absolute Gasteiger partial charge is 0.310 e. The normalized spacial score (nSPS) is 14.5. The van der Waals surface area contributed by atoms with Crippen LogP contribution in [0.25, 0.3) is 38.6 Å². The van der Waals surface area contributed by atoms with Crippen molar-refractivity contribution in [3.05, 3.63) is 300 Å². The van der Waals surface area contributed by atoms with Crippen molar-refractivity contribution in [1.82, 2.24) is 4.57 Å². The van der Waals surface area contributed by atoms with Gasteiger partial charge in [-0.05, 0) is 117 Å². The molecule has 0 fully saturated rings. The Morgan fingerprint density at radius 1 is 0.400 bits per heavy atom. The summed E-state index contributed by atoms with van der Waals surface area (Å²) in [7, 11) is 0. The van der Waals surface area contributed by atoms with E-state index in [1.807, 2.05) is 0 Å². The van der Waals surface area contributed by atoms with Crippen LogP contribution in [0.4, 0.5) is 17.1 Å². The van der Waals surface area contributed by atoms with Crippen LogP contribution < -0.4 is 4.90 Å². The quantitative estimate of drug-likeness (QED) is 0.133. The molecule has 65 heavy (non-hydrogen) atoms. The fraction of sp³-hybridized carbons (Fsp3) is 0.0476. The Labute approximate surface area is 381 Å². The van der Waals surface area contributed by atoms with Crippen molar-refractivity contribution < 1.29 is 0 Å². The molecule has 0 radical (unpaired) electrons. The summed E-state index contributed by atoms with van der Waals surface area (Å²) in [5.41, 5.74) is 17.7. The summed E-state index contributed by atoms with van der Waals surface area (Å²) in [6, 6.07) is 96.4. The lowest BCUT2D eigenvalue weighted by Crippen LogP contribution is -2.29. The van der Waals surface area contributed by atoms with Gasteiger partial charge in [0.2, 0.25) is 0 Å². The second-order valence-corrected chi connectivity index (χ2v) is 17.2. The lowest BCUT2D eigenvalue weighted by atomic mass is 9.67. The molecule has 0 saturated carbocycles. The summed E-state index contributed by atoms with van der Waals surface area (Å²) < 4.78 is 2.45. The van der Waals surface area contributed by atoms with E-state index in [0.29, 0.717) is 0 Å². The standard InChI is InChI=1S/C63H46N2/c1-6-23-45(24-7-1)41-56(46-25-8-2-9-26-46)57-43-52(64(49-30-12-4-13-31-49)50-32-14-5-15-33-50)44-59-62(57)55-37-16-19-38-58(55)63(59,47-27-10-3-11-28-47)48-29-22-34-51(42-48)65-60-39-20-17-35-53(60)54-36-18-21-40-61(54)65/h1-40,42-44,56H,41H2/t56-,63?/m0/s1. The van der Waals surface area contributed by atoms with Crippen LogP contribution in [0.2, 0.25) is 0 Å². The molecule has 0 spiro atoms. The summed E-state index contributed by atoms with van der Waals surface area (Å²) in [5, 5.41) is 2.51. The second kappa shape index (κ2) is 16.2. The molecular formula is C63H46N2. The van der Waals surface area contributed by atoms with Crippen molar-refractivity contribution in [1.29, 1.82) is 0 Å². The maximum Gasteiger partial charge on any atom is 0.0715 e. The van der Waals surface area contributed by atoms with E-state index in [9.17, 15) is 0 Å². The fourth-order valence-electron chi connectivity index (χ4n) is 10.9. The predicted octanol–water partition coefficient (Wildman–Crippen LogP) is 16.0. The van der Waals surface area contributed by atoms with Crippen LogP contribution in [0, 0.1) is 0 Å². The monoisotopic (exact) mass is 830 g/mol. The van der Waals surface area contributed by atoms with E-state index in [4.69, 9.17) is 0 Å². The lowest BCUT2D eigenvalue weighted by molar-refractivity contribution is 0.761. The summed E-state index contributed by atoms with van der Waals surface area (Å²) in [5.74, 6) is 0.0456. The highest BCUT2D eigenvalue weighted by atomic mass is 15.1. The van der Waals surface area contributed by atoms with Gasteiger partial charge < -0.3 is 9.47 Å². The predicted molar refractivity (Wildman–Crippen MR) is 271 cm³/mol. The zero-order chi connectivity index (χ0) is 43.2. The number of fused-ring (bicyclic) bond motifs is 6. The van der Waals surface area contributed by atoms with Crippen LogP contribution in [0.15, 0.2) is 261 Å². The SMILES string of the molecule is c1ccc(C[C@@H](c2ccccc2)c2cc(N(c3ccccc3)c3ccccc3)cc3c2-c2ccccc2C3(c2ccccc2)c2cccc(-n3c4ccccc4c4ccccc43)c2)cc1. The third-order valence-corrected chi connectivity index (χ3v) is 13.6. The lowest BCUT2D eigenvalue weighted by Gasteiger charge is -2.36. The van der Waals surface area contributed by atoms with Crippen molar-refractivity contribution in [3.63, 3.8) is 0 Å². The van der Waals surface area contributed by atoms with Gasteiger partial charge in [0, 0.05) is 39.4 Å². The minimum absolute atomic E-state index is 0.0456. The minimum atomic E-state index is -0.681. The number of nitrogens with zero attached hydrogens (tertiary/aromatic N) is 2. The van der Waals surface area contributed by atoms with Gasteiger partial charge in [-0.15, -0.1) is 0 Å². The molecule has 1 aliphatic rings. The second-order valence-electron chi connectivity index (χ2n) is 17.2. The van der Waals surface area contributed by atoms with Gasteiger partial charge in [0.15, 0.2) is 0 Å². The highest BCUT2D eigenvalue weighted by molar-refractivity contribution is 6.09. The van der Waals surface area contributed by atoms with Crippen LogP contribution in [0.3, 0.4) is 0 Å². The van der Waals surface area contributed by atoms with E-state index < -0.39 is 5.41 Å². The number of benzene rings is 10. The van der Waals surface area contributed by atoms with Crippen molar-refractivity contribution in [2.24, 2.45) is 0 Å². The summed E-state index contributed by atoms with van der Waals surface area (Å²) in [6.45, 7) is 0. The molecule has 308 valence electrons. The Morgan fingerprint density at radius 2 is 0.923 bits per heavy atom.